The summed E-state index contributed by atoms with van der Waals surface area (Å²) < 4.78 is 28.5. The molecule has 0 bridgehead atoms. The van der Waals surface area contributed by atoms with Crippen LogP contribution in [-0.4, -0.2) is 18.4 Å². The van der Waals surface area contributed by atoms with E-state index in [1.807, 2.05) is 0 Å². The van der Waals surface area contributed by atoms with Crippen molar-refractivity contribution >= 4 is 64.8 Å². The van der Waals surface area contributed by atoms with Crippen LogP contribution < -0.4 is 4.72 Å². The molecular formula is C12H7BrClN3O2S2. The van der Waals surface area contributed by atoms with Crippen LogP contribution in [0.2, 0.25) is 5.15 Å². The fourth-order valence-corrected chi connectivity index (χ4v) is 4.02. The van der Waals surface area contributed by atoms with Gasteiger partial charge in [0.15, 0.2) is 0 Å². The molecule has 9 heteroatoms. The number of pyridine rings is 1. The highest BCUT2D eigenvalue weighted by Gasteiger charge is 2.16. The topological polar surface area (TPSA) is 72.0 Å². The van der Waals surface area contributed by atoms with E-state index in [0.717, 1.165) is 10.2 Å². The molecule has 1 aromatic carbocycles. The molecule has 2 heterocycles. The highest BCUT2D eigenvalue weighted by Crippen LogP contribution is 2.26. The Kier molecular flexibility index (Phi) is 3.87. The summed E-state index contributed by atoms with van der Waals surface area (Å²) in [6.07, 6.45) is 1.21. The Labute approximate surface area is 138 Å². The predicted octanol–water partition coefficient (Wildman–Crippen LogP) is 3.91. The second kappa shape index (κ2) is 5.53. The first kappa shape index (κ1) is 14.7. The second-order valence-corrected chi connectivity index (χ2v) is 7.87. The molecule has 5 nitrogen and oxygen atoms in total. The minimum atomic E-state index is -3.72. The number of benzene rings is 1. The smallest absolute Gasteiger partial charge is 0.263 e. The number of rotatable bonds is 3. The van der Waals surface area contributed by atoms with Crippen LogP contribution in [0.15, 0.2) is 45.3 Å². The van der Waals surface area contributed by atoms with E-state index in [2.05, 4.69) is 30.6 Å². The van der Waals surface area contributed by atoms with Gasteiger partial charge in [-0.1, -0.05) is 11.6 Å². The lowest BCUT2D eigenvalue weighted by Gasteiger charge is -2.08. The number of thiazole rings is 1. The number of fused-ring (bicyclic) bond motifs is 1. The number of nitrogens with one attached hydrogen (secondary N) is 1. The van der Waals surface area contributed by atoms with Crippen LogP contribution in [0.3, 0.4) is 0 Å². The van der Waals surface area contributed by atoms with Crippen molar-refractivity contribution < 1.29 is 8.42 Å². The van der Waals surface area contributed by atoms with Crippen LogP contribution in [0.5, 0.6) is 0 Å². The molecule has 3 aromatic rings. The molecule has 21 heavy (non-hydrogen) atoms. The molecule has 0 aliphatic heterocycles. The fraction of sp³-hybridized carbons (Fsp3) is 0. The van der Waals surface area contributed by atoms with Crippen LogP contribution in [0.1, 0.15) is 0 Å². The Hall–Kier alpha value is -1.22. The number of hydrogen-bond acceptors (Lipinski definition) is 5. The van der Waals surface area contributed by atoms with Crippen molar-refractivity contribution in [2.75, 3.05) is 4.72 Å². The van der Waals surface area contributed by atoms with Crippen LogP contribution in [0, 0.1) is 0 Å². The van der Waals surface area contributed by atoms with Gasteiger partial charge < -0.3 is 0 Å². The lowest BCUT2D eigenvalue weighted by Crippen LogP contribution is -2.13. The quantitative estimate of drug-likeness (QED) is 0.672. The van der Waals surface area contributed by atoms with Gasteiger partial charge in [-0.25, -0.2) is 18.4 Å². The molecule has 0 radical (unpaired) electrons. The van der Waals surface area contributed by atoms with E-state index < -0.39 is 10.0 Å². The number of anilines is 1. The van der Waals surface area contributed by atoms with Gasteiger partial charge in [0, 0.05) is 6.20 Å². The van der Waals surface area contributed by atoms with Crippen molar-refractivity contribution in [2.24, 2.45) is 0 Å². The summed E-state index contributed by atoms with van der Waals surface area (Å²) in [5.41, 5.74) is 3.01. The Balaban J connectivity index is 1.96. The molecule has 2 aromatic heterocycles. The summed E-state index contributed by atoms with van der Waals surface area (Å²) in [7, 11) is -3.72. The van der Waals surface area contributed by atoms with Crippen molar-refractivity contribution in [1.29, 1.82) is 0 Å². The first-order valence-electron chi connectivity index (χ1n) is 5.63. The van der Waals surface area contributed by atoms with Crippen LogP contribution >= 0.6 is 38.9 Å². The normalized spacial score (nSPS) is 11.7. The van der Waals surface area contributed by atoms with Gasteiger partial charge in [-0.2, -0.15) is 0 Å². The van der Waals surface area contributed by atoms with Gasteiger partial charge in [-0.3, -0.25) is 4.72 Å². The standard InChI is InChI=1S/C12H7BrClN3O2S2/c13-9-4-8(5-15-12(9)14)21(18,19)17-7-1-2-10-11(3-7)20-6-16-10/h1-6,17H. The third-order valence-electron chi connectivity index (χ3n) is 2.66. The van der Waals surface area contributed by atoms with E-state index >= 15 is 0 Å². The number of sulfonamides is 1. The number of aromatic nitrogens is 2. The number of nitrogens with zero attached hydrogens (tertiary/aromatic N) is 2. The van der Waals surface area contributed by atoms with E-state index in [1.54, 1.807) is 23.7 Å². The van der Waals surface area contributed by atoms with E-state index in [0.29, 0.717) is 10.2 Å². The Morgan fingerprint density at radius 1 is 1.24 bits per heavy atom. The second-order valence-electron chi connectivity index (χ2n) is 4.08. The van der Waals surface area contributed by atoms with Gasteiger partial charge in [-0.05, 0) is 40.2 Å². The maximum Gasteiger partial charge on any atom is 0.263 e. The SMILES string of the molecule is O=S(=O)(Nc1ccc2ncsc2c1)c1cnc(Cl)c(Br)c1. The summed E-state index contributed by atoms with van der Waals surface area (Å²) in [6.45, 7) is 0. The van der Waals surface area contributed by atoms with Crippen molar-refractivity contribution in [1.82, 2.24) is 9.97 Å². The monoisotopic (exact) mass is 403 g/mol. The minimum Gasteiger partial charge on any atom is -0.280 e. The summed E-state index contributed by atoms with van der Waals surface area (Å²) in [4.78, 5) is 8.00. The van der Waals surface area contributed by atoms with Gasteiger partial charge in [0.1, 0.15) is 10.0 Å². The van der Waals surface area contributed by atoms with Gasteiger partial charge in [0.2, 0.25) is 0 Å². The molecule has 0 spiro atoms. The third-order valence-corrected chi connectivity index (χ3v) is 5.94. The number of hydrogen-bond donors (Lipinski definition) is 1. The van der Waals surface area contributed by atoms with Gasteiger partial charge >= 0.3 is 0 Å². The third kappa shape index (κ3) is 3.03. The molecule has 3 rings (SSSR count). The summed E-state index contributed by atoms with van der Waals surface area (Å²) in [6, 6.07) is 6.57. The molecule has 0 aliphatic carbocycles. The molecule has 1 N–H and O–H groups in total. The van der Waals surface area contributed by atoms with E-state index in [9.17, 15) is 8.42 Å². The zero-order valence-electron chi connectivity index (χ0n) is 10.2. The van der Waals surface area contributed by atoms with Crippen molar-refractivity contribution in [3.05, 3.63) is 45.6 Å². The number of halogens is 2. The van der Waals surface area contributed by atoms with Crippen LogP contribution in [-0.2, 0) is 10.0 Å². The lowest BCUT2D eigenvalue weighted by molar-refractivity contribution is 0.601. The first-order valence-corrected chi connectivity index (χ1v) is 9.16. The molecule has 0 aliphatic rings. The van der Waals surface area contributed by atoms with Crippen molar-refractivity contribution in [3.8, 4) is 0 Å². The highest BCUT2D eigenvalue weighted by molar-refractivity contribution is 9.10. The molecule has 108 valence electrons. The highest BCUT2D eigenvalue weighted by atomic mass is 79.9. The molecule has 0 fully saturated rings. The minimum absolute atomic E-state index is 0.0307. The van der Waals surface area contributed by atoms with Crippen molar-refractivity contribution in [3.63, 3.8) is 0 Å². The zero-order valence-corrected chi connectivity index (χ0v) is 14.2. The van der Waals surface area contributed by atoms with E-state index in [-0.39, 0.29) is 10.0 Å². The molecule has 0 atom stereocenters. The Morgan fingerprint density at radius 3 is 2.81 bits per heavy atom. The van der Waals surface area contributed by atoms with E-state index in [4.69, 9.17) is 11.6 Å². The van der Waals surface area contributed by atoms with Gasteiger partial charge in [0.25, 0.3) is 10.0 Å². The maximum atomic E-state index is 12.3. The molecule has 0 unspecified atom stereocenters. The van der Waals surface area contributed by atoms with Gasteiger partial charge in [-0.15, -0.1) is 11.3 Å². The largest absolute Gasteiger partial charge is 0.280 e. The molecule has 0 saturated carbocycles. The van der Waals surface area contributed by atoms with Crippen LogP contribution in [0.25, 0.3) is 10.2 Å². The summed E-state index contributed by atoms with van der Waals surface area (Å²) in [5.74, 6) is 0. The summed E-state index contributed by atoms with van der Waals surface area (Å²) >= 11 is 10.4. The lowest BCUT2D eigenvalue weighted by atomic mass is 10.3. The fourth-order valence-electron chi connectivity index (χ4n) is 1.68. The molecule has 0 amide bonds. The Morgan fingerprint density at radius 2 is 2.05 bits per heavy atom. The van der Waals surface area contributed by atoms with Crippen LogP contribution in [0.4, 0.5) is 5.69 Å². The average Bonchev–Trinajstić information content (AvgIpc) is 2.88. The average molecular weight is 405 g/mol. The van der Waals surface area contributed by atoms with Gasteiger partial charge in [0.05, 0.1) is 25.9 Å². The maximum absolute atomic E-state index is 12.3. The molecular weight excluding hydrogens is 398 g/mol. The summed E-state index contributed by atoms with van der Waals surface area (Å²) in [5, 5.41) is 0.208. The van der Waals surface area contributed by atoms with E-state index in [1.165, 1.54) is 23.6 Å². The molecule has 0 saturated heterocycles. The zero-order chi connectivity index (χ0) is 15.0. The Bertz CT molecular complexity index is 927. The van der Waals surface area contributed by atoms with Crippen molar-refractivity contribution in [2.45, 2.75) is 4.90 Å². The predicted molar refractivity (Wildman–Crippen MR) is 87.4 cm³/mol. The first-order chi connectivity index (χ1) is 9.95.